The van der Waals surface area contributed by atoms with E-state index < -0.39 is 12.0 Å². The second-order valence-corrected chi connectivity index (χ2v) is 3.28. The number of rotatable bonds is 4. The smallest absolute Gasteiger partial charge is 0.326 e. The van der Waals surface area contributed by atoms with Gasteiger partial charge >= 0.3 is 5.97 Å². The van der Waals surface area contributed by atoms with Gasteiger partial charge in [-0.05, 0) is 12.0 Å². The molecule has 0 spiro atoms. The molecule has 0 saturated heterocycles. The van der Waals surface area contributed by atoms with Gasteiger partial charge in [0.2, 0.25) is 5.95 Å². The molecule has 0 saturated carbocycles. The fraction of sp³-hybridized carbons (Fsp3) is 0.444. The molecule has 0 radical (unpaired) electrons. The van der Waals surface area contributed by atoms with Crippen molar-refractivity contribution < 1.29 is 9.90 Å². The number of carbonyl (C=O) groups is 1. The van der Waals surface area contributed by atoms with Crippen LogP contribution >= 0.6 is 0 Å². The Labute approximate surface area is 82.2 Å². The number of nitrogens with zero attached hydrogens (tertiary/aromatic N) is 2. The predicted octanol–water partition coefficient (Wildman–Crippen LogP) is 0.998. The van der Waals surface area contributed by atoms with E-state index in [1.807, 2.05) is 13.8 Å². The molecule has 1 aromatic rings. The fourth-order valence-corrected chi connectivity index (χ4v) is 1.03. The number of hydrogen-bond acceptors (Lipinski definition) is 4. The molecule has 5 heteroatoms. The van der Waals surface area contributed by atoms with Crippen molar-refractivity contribution in [2.75, 3.05) is 5.32 Å². The second kappa shape index (κ2) is 4.55. The van der Waals surface area contributed by atoms with Crippen molar-refractivity contribution in [3.05, 3.63) is 18.5 Å². The molecule has 0 aliphatic heterocycles. The predicted molar refractivity (Wildman–Crippen MR) is 51.9 cm³/mol. The van der Waals surface area contributed by atoms with E-state index in [1.165, 1.54) is 0 Å². The summed E-state index contributed by atoms with van der Waals surface area (Å²) in [4.78, 5) is 18.6. The van der Waals surface area contributed by atoms with Crippen LogP contribution in [0.25, 0.3) is 0 Å². The standard InChI is InChI=1S/C9H13N3O2/c1-6(2)7(8(13)14)12-9-10-4-3-5-11-9/h3-7H,1-2H3,(H,13,14)(H,10,11,12)/t7-/m1/s1. The van der Waals surface area contributed by atoms with Crippen molar-refractivity contribution >= 4 is 11.9 Å². The van der Waals surface area contributed by atoms with Crippen molar-refractivity contribution in [1.82, 2.24) is 9.97 Å². The Hall–Kier alpha value is -1.65. The molecule has 0 amide bonds. The molecule has 0 aromatic carbocycles. The van der Waals surface area contributed by atoms with Crippen LogP contribution in [0.4, 0.5) is 5.95 Å². The van der Waals surface area contributed by atoms with Gasteiger partial charge < -0.3 is 10.4 Å². The van der Waals surface area contributed by atoms with Crippen molar-refractivity contribution in [1.29, 1.82) is 0 Å². The molecular weight excluding hydrogens is 182 g/mol. The fourth-order valence-electron chi connectivity index (χ4n) is 1.03. The van der Waals surface area contributed by atoms with Crippen LogP contribution in [-0.2, 0) is 4.79 Å². The highest BCUT2D eigenvalue weighted by Gasteiger charge is 2.21. The number of nitrogens with one attached hydrogen (secondary N) is 1. The lowest BCUT2D eigenvalue weighted by Gasteiger charge is -2.17. The topological polar surface area (TPSA) is 75.1 Å². The van der Waals surface area contributed by atoms with Gasteiger partial charge in [0, 0.05) is 12.4 Å². The lowest BCUT2D eigenvalue weighted by Crippen LogP contribution is -2.34. The van der Waals surface area contributed by atoms with Gasteiger partial charge in [-0.1, -0.05) is 13.8 Å². The Morgan fingerprint density at radius 2 is 2.00 bits per heavy atom. The van der Waals surface area contributed by atoms with Crippen LogP contribution in [-0.4, -0.2) is 27.1 Å². The molecule has 14 heavy (non-hydrogen) atoms. The zero-order valence-electron chi connectivity index (χ0n) is 8.14. The minimum atomic E-state index is -0.896. The normalized spacial score (nSPS) is 12.5. The van der Waals surface area contributed by atoms with E-state index in [-0.39, 0.29) is 5.92 Å². The summed E-state index contributed by atoms with van der Waals surface area (Å²) in [5.41, 5.74) is 0. The summed E-state index contributed by atoms with van der Waals surface area (Å²) in [5, 5.41) is 11.6. The number of hydrogen-bond donors (Lipinski definition) is 2. The van der Waals surface area contributed by atoms with Crippen LogP contribution in [0.5, 0.6) is 0 Å². The SMILES string of the molecule is CC(C)[C@@H](Nc1ncccn1)C(=O)O. The van der Waals surface area contributed by atoms with Crippen LogP contribution in [0.3, 0.4) is 0 Å². The quantitative estimate of drug-likeness (QED) is 0.749. The van der Waals surface area contributed by atoms with Gasteiger partial charge in [-0.25, -0.2) is 14.8 Å². The third-order valence-corrected chi connectivity index (χ3v) is 1.78. The zero-order valence-corrected chi connectivity index (χ0v) is 8.14. The number of aliphatic carboxylic acids is 1. The summed E-state index contributed by atoms with van der Waals surface area (Å²) in [5.74, 6) is -0.572. The summed E-state index contributed by atoms with van der Waals surface area (Å²) < 4.78 is 0. The number of anilines is 1. The van der Waals surface area contributed by atoms with Gasteiger partial charge in [-0.3, -0.25) is 0 Å². The summed E-state index contributed by atoms with van der Waals surface area (Å²) in [6, 6.07) is 1.02. The van der Waals surface area contributed by atoms with Gasteiger partial charge in [0.25, 0.3) is 0 Å². The van der Waals surface area contributed by atoms with Crippen molar-refractivity contribution in [2.45, 2.75) is 19.9 Å². The van der Waals surface area contributed by atoms with E-state index in [1.54, 1.807) is 18.5 Å². The maximum Gasteiger partial charge on any atom is 0.326 e. The van der Waals surface area contributed by atoms with Gasteiger partial charge in [-0.2, -0.15) is 0 Å². The first-order valence-corrected chi connectivity index (χ1v) is 4.37. The lowest BCUT2D eigenvalue weighted by molar-refractivity contribution is -0.138. The van der Waals surface area contributed by atoms with Crippen molar-refractivity contribution in [3.8, 4) is 0 Å². The molecule has 0 fully saturated rings. The third-order valence-electron chi connectivity index (χ3n) is 1.78. The van der Waals surface area contributed by atoms with Crippen molar-refractivity contribution in [2.24, 2.45) is 5.92 Å². The molecule has 5 nitrogen and oxygen atoms in total. The molecule has 0 unspecified atom stereocenters. The lowest BCUT2D eigenvalue weighted by atomic mass is 10.1. The average Bonchev–Trinajstić information content (AvgIpc) is 2.15. The molecule has 76 valence electrons. The van der Waals surface area contributed by atoms with Crippen LogP contribution in [0.2, 0.25) is 0 Å². The Morgan fingerprint density at radius 3 is 2.43 bits per heavy atom. The van der Waals surface area contributed by atoms with Gasteiger partial charge in [0.15, 0.2) is 0 Å². The second-order valence-electron chi connectivity index (χ2n) is 3.28. The van der Waals surface area contributed by atoms with Gasteiger partial charge in [0.05, 0.1) is 0 Å². The van der Waals surface area contributed by atoms with E-state index >= 15 is 0 Å². The number of aromatic nitrogens is 2. The molecule has 1 rings (SSSR count). The summed E-state index contributed by atoms with van der Waals surface area (Å²) in [6.07, 6.45) is 3.13. The molecule has 0 bridgehead atoms. The van der Waals surface area contributed by atoms with Crippen LogP contribution < -0.4 is 5.32 Å². The van der Waals surface area contributed by atoms with Crippen LogP contribution in [0, 0.1) is 5.92 Å². The van der Waals surface area contributed by atoms with E-state index in [2.05, 4.69) is 15.3 Å². The van der Waals surface area contributed by atoms with E-state index in [0.29, 0.717) is 5.95 Å². The van der Waals surface area contributed by atoms with Gasteiger partial charge in [0.1, 0.15) is 6.04 Å². The molecule has 1 aromatic heterocycles. The Morgan fingerprint density at radius 1 is 1.43 bits per heavy atom. The monoisotopic (exact) mass is 195 g/mol. The zero-order chi connectivity index (χ0) is 10.6. The van der Waals surface area contributed by atoms with E-state index in [9.17, 15) is 4.79 Å². The third kappa shape index (κ3) is 2.69. The summed E-state index contributed by atoms with van der Waals surface area (Å²) in [6.45, 7) is 3.66. The maximum absolute atomic E-state index is 10.8. The largest absolute Gasteiger partial charge is 0.480 e. The minimum Gasteiger partial charge on any atom is -0.480 e. The Balaban J connectivity index is 2.70. The molecular formula is C9H13N3O2. The molecule has 0 aliphatic carbocycles. The number of carboxylic acid groups (broad SMARTS) is 1. The van der Waals surface area contributed by atoms with Crippen molar-refractivity contribution in [3.63, 3.8) is 0 Å². The molecule has 1 atom stereocenters. The van der Waals surface area contributed by atoms with Crippen LogP contribution in [0.1, 0.15) is 13.8 Å². The molecule has 0 aliphatic rings. The average molecular weight is 195 g/mol. The first-order valence-electron chi connectivity index (χ1n) is 4.37. The summed E-state index contributed by atoms with van der Waals surface area (Å²) in [7, 11) is 0. The Kier molecular flexibility index (Phi) is 3.39. The van der Waals surface area contributed by atoms with E-state index in [4.69, 9.17) is 5.11 Å². The highest BCUT2D eigenvalue weighted by atomic mass is 16.4. The molecule has 1 heterocycles. The maximum atomic E-state index is 10.8. The van der Waals surface area contributed by atoms with E-state index in [0.717, 1.165) is 0 Å². The Bertz CT molecular complexity index is 300. The first-order chi connectivity index (χ1) is 6.61. The number of carboxylic acids is 1. The summed E-state index contributed by atoms with van der Waals surface area (Å²) >= 11 is 0. The first kappa shape index (κ1) is 10.4. The van der Waals surface area contributed by atoms with Gasteiger partial charge in [-0.15, -0.1) is 0 Å². The highest BCUT2D eigenvalue weighted by Crippen LogP contribution is 2.07. The van der Waals surface area contributed by atoms with Crippen LogP contribution in [0.15, 0.2) is 18.5 Å². The molecule has 2 N–H and O–H groups in total. The highest BCUT2D eigenvalue weighted by molar-refractivity contribution is 5.76. The minimum absolute atomic E-state index is 0.0173.